The third kappa shape index (κ3) is 3.88. The molecule has 3 heterocycles. The van der Waals surface area contributed by atoms with Crippen molar-refractivity contribution in [3.8, 4) is 5.69 Å². The quantitative estimate of drug-likeness (QED) is 0.745. The van der Waals surface area contributed by atoms with Crippen molar-refractivity contribution in [1.82, 2.24) is 19.7 Å². The monoisotopic (exact) mass is 383 g/mol. The molecule has 0 radical (unpaired) electrons. The summed E-state index contributed by atoms with van der Waals surface area (Å²) in [6.45, 7) is 2.26. The fourth-order valence-corrected chi connectivity index (χ4v) is 3.60. The van der Waals surface area contributed by atoms with Crippen molar-refractivity contribution < 1.29 is 14.3 Å². The second kappa shape index (κ2) is 7.68. The van der Waals surface area contributed by atoms with Crippen molar-refractivity contribution in [1.29, 1.82) is 0 Å². The van der Waals surface area contributed by atoms with Gasteiger partial charge < -0.3 is 15.0 Å². The summed E-state index contributed by atoms with van der Waals surface area (Å²) in [6, 6.07) is 10.6. The Morgan fingerprint density at radius 1 is 1.04 bits per heavy atom. The predicted octanol–water partition coefficient (Wildman–Crippen LogP) is 2.05. The molecule has 1 aliphatic rings. The number of thiophene rings is 1. The Morgan fingerprint density at radius 2 is 1.78 bits per heavy atom. The summed E-state index contributed by atoms with van der Waals surface area (Å²) in [6.07, 6.45) is 3.06. The number of ether oxygens (including phenoxy) is 1. The Labute approximate surface area is 159 Å². The number of carbonyl (C=O) groups excluding carboxylic acids is 2. The zero-order chi connectivity index (χ0) is 18.6. The molecule has 1 aliphatic heterocycles. The topological polar surface area (TPSA) is 89.3 Å². The summed E-state index contributed by atoms with van der Waals surface area (Å²) in [4.78, 5) is 31.7. The number of hydrogen-bond acceptors (Lipinski definition) is 6. The van der Waals surface area contributed by atoms with E-state index in [-0.39, 0.29) is 11.8 Å². The lowest BCUT2D eigenvalue weighted by Gasteiger charge is -2.26. The minimum absolute atomic E-state index is 0.0560. The predicted molar refractivity (Wildman–Crippen MR) is 100 cm³/mol. The van der Waals surface area contributed by atoms with Crippen LogP contribution in [-0.2, 0) is 4.74 Å². The summed E-state index contributed by atoms with van der Waals surface area (Å²) in [5.74, 6) is -0.297. The van der Waals surface area contributed by atoms with E-state index in [0.717, 1.165) is 5.69 Å². The normalized spacial score (nSPS) is 14.1. The summed E-state index contributed by atoms with van der Waals surface area (Å²) in [5, 5.41) is 6.90. The van der Waals surface area contributed by atoms with Gasteiger partial charge in [0.15, 0.2) is 0 Å². The van der Waals surface area contributed by atoms with Crippen LogP contribution in [0.3, 0.4) is 0 Å². The summed E-state index contributed by atoms with van der Waals surface area (Å²) >= 11 is 1.20. The maximum atomic E-state index is 12.5. The number of morpholine rings is 1. The van der Waals surface area contributed by atoms with E-state index in [1.54, 1.807) is 40.2 Å². The number of nitrogens with one attached hydrogen (secondary N) is 1. The van der Waals surface area contributed by atoms with Crippen molar-refractivity contribution in [2.24, 2.45) is 0 Å². The molecular weight excluding hydrogens is 366 g/mol. The smallest absolute Gasteiger partial charge is 0.265 e. The molecule has 1 N–H and O–H groups in total. The van der Waals surface area contributed by atoms with Gasteiger partial charge in [-0.1, -0.05) is 0 Å². The van der Waals surface area contributed by atoms with Gasteiger partial charge in [0.25, 0.3) is 11.8 Å². The average molecular weight is 383 g/mol. The van der Waals surface area contributed by atoms with Crippen molar-refractivity contribution >= 4 is 28.8 Å². The molecule has 0 saturated carbocycles. The Kier molecular flexibility index (Phi) is 4.95. The van der Waals surface area contributed by atoms with Crippen molar-refractivity contribution in [3.05, 3.63) is 58.8 Å². The molecule has 27 heavy (non-hydrogen) atoms. The highest BCUT2D eigenvalue weighted by molar-refractivity contribution is 7.16. The molecular formula is C18H17N5O3S. The molecule has 0 aliphatic carbocycles. The van der Waals surface area contributed by atoms with Crippen LogP contribution in [0.4, 0.5) is 5.69 Å². The van der Waals surface area contributed by atoms with Gasteiger partial charge in [-0.25, -0.2) is 9.67 Å². The third-order valence-electron chi connectivity index (χ3n) is 4.15. The molecule has 1 fully saturated rings. The second-order valence-corrected chi connectivity index (χ2v) is 6.99. The molecule has 1 aromatic carbocycles. The second-order valence-electron chi connectivity index (χ2n) is 5.91. The van der Waals surface area contributed by atoms with Gasteiger partial charge in [-0.15, -0.1) is 11.3 Å². The lowest BCUT2D eigenvalue weighted by atomic mass is 10.2. The van der Waals surface area contributed by atoms with E-state index in [9.17, 15) is 9.59 Å². The molecule has 2 amide bonds. The molecule has 1 saturated heterocycles. The van der Waals surface area contributed by atoms with E-state index in [1.165, 1.54) is 17.7 Å². The maximum absolute atomic E-state index is 12.5. The number of benzene rings is 1. The van der Waals surface area contributed by atoms with Crippen LogP contribution in [-0.4, -0.2) is 57.8 Å². The van der Waals surface area contributed by atoms with Crippen LogP contribution in [0, 0.1) is 0 Å². The summed E-state index contributed by atoms with van der Waals surface area (Å²) < 4.78 is 6.90. The van der Waals surface area contributed by atoms with Gasteiger partial charge in [-0.05, 0) is 36.4 Å². The molecule has 9 heteroatoms. The molecule has 8 nitrogen and oxygen atoms in total. The molecule has 138 valence electrons. The number of carbonyl (C=O) groups is 2. The van der Waals surface area contributed by atoms with E-state index in [4.69, 9.17) is 4.74 Å². The lowest BCUT2D eigenvalue weighted by Crippen LogP contribution is -2.40. The van der Waals surface area contributed by atoms with E-state index in [0.29, 0.717) is 41.7 Å². The van der Waals surface area contributed by atoms with Crippen molar-refractivity contribution in [3.63, 3.8) is 0 Å². The number of amides is 2. The number of hydrogen-bond donors (Lipinski definition) is 1. The number of nitrogens with zero attached hydrogens (tertiary/aromatic N) is 4. The van der Waals surface area contributed by atoms with Gasteiger partial charge >= 0.3 is 0 Å². The van der Waals surface area contributed by atoms with E-state index < -0.39 is 0 Å². The largest absolute Gasteiger partial charge is 0.378 e. The first-order valence-corrected chi connectivity index (χ1v) is 9.25. The van der Waals surface area contributed by atoms with Gasteiger partial charge in [0, 0.05) is 18.8 Å². The zero-order valence-corrected chi connectivity index (χ0v) is 15.2. The Morgan fingerprint density at radius 3 is 2.48 bits per heavy atom. The lowest BCUT2D eigenvalue weighted by molar-refractivity contribution is 0.0306. The molecule has 4 rings (SSSR count). The minimum Gasteiger partial charge on any atom is -0.378 e. The summed E-state index contributed by atoms with van der Waals surface area (Å²) in [5.41, 5.74) is 1.51. The van der Waals surface area contributed by atoms with Crippen LogP contribution in [0.5, 0.6) is 0 Å². The molecule has 2 aromatic heterocycles. The van der Waals surface area contributed by atoms with Crippen LogP contribution >= 0.6 is 11.3 Å². The Hall–Kier alpha value is -3.04. The number of rotatable bonds is 4. The Balaban J connectivity index is 1.41. The highest BCUT2D eigenvalue weighted by Gasteiger charge is 2.21. The van der Waals surface area contributed by atoms with Gasteiger partial charge in [0.2, 0.25) is 0 Å². The highest BCUT2D eigenvalue weighted by Crippen LogP contribution is 2.21. The molecule has 0 atom stereocenters. The van der Waals surface area contributed by atoms with Gasteiger partial charge in [-0.2, -0.15) is 5.10 Å². The average Bonchev–Trinajstić information content (AvgIpc) is 3.41. The number of anilines is 1. The molecule has 3 aromatic rings. The molecule has 0 spiro atoms. The first-order valence-electron chi connectivity index (χ1n) is 8.44. The van der Waals surface area contributed by atoms with Gasteiger partial charge in [0.1, 0.15) is 12.7 Å². The van der Waals surface area contributed by atoms with E-state index >= 15 is 0 Å². The van der Waals surface area contributed by atoms with Gasteiger partial charge in [-0.3, -0.25) is 9.59 Å². The van der Waals surface area contributed by atoms with Gasteiger partial charge in [0.05, 0.1) is 28.7 Å². The van der Waals surface area contributed by atoms with E-state index in [2.05, 4.69) is 15.4 Å². The van der Waals surface area contributed by atoms with Crippen LogP contribution < -0.4 is 5.32 Å². The molecule has 0 unspecified atom stereocenters. The zero-order valence-electron chi connectivity index (χ0n) is 14.4. The fraction of sp³-hybridized carbons (Fsp3) is 0.222. The van der Waals surface area contributed by atoms with Crippen molar-refractivity contribution in [2.45, 2.75) is 0 Å². The first-order chi connectivity index (χ1) is 13.2. The highest BCUT2D eigenvalue weighted by atomic mass is 32.1. The summed E-state index contributed by atoms with van der Waals surface area (Å²) in [7, 11) is 0. The fourth-order valence-electron chi connectivity index (χ4n) is 2.73. The third-order valence-corrected chi connectivity index (χ3v) is 5.22. The Bertz CT molecular complexity index is 930. The van der Waals surface area contributed by atoms with Crippen LogP contribution in [0.1, 0.15) is 19.3 Å². The van der Waals surface area contributed by atoms with E-state index in [1.807, 2.05) is 12.1 Å². The maximum Gasteiger partial charge on any atom is 0.265 e. The minimum atomic E-state index is -0.241. The first kappa shape index (κ1) is 17.4. The standard InChI is InChI=1S/C18H17N5O3S/c24-17(21-13-1-3-14(4-2-13)23-12-19-11-20-23)15-5-6-16(27-15)18(25)22-7-9-26-10-8-22/h1-6,11-12H,7-10H2,(H,21,24). The van der Waals surface area contributed by atoms with Crippen LogP contribution in [0.2, 0.25) is 0 Å². The van der Waals surface area contributed by atoms with Crippen LogP contribution in [0.15, 0.2) is 49.1 Å². The number of aromatic nitrogens is 3. The van der Waals surface area contributed by atoms with Crippen molar-refractivity contribution in [2.75, 3.05) is 31.6 Å². The SMILES string of the molecule is O=C(Nc1ccc(-n2cncn2)cc1)c1ccc(C(=O)N2CCOCC2)s1. The molecule has 0 bridgehead atoms. The van der Waals surface area contributed by atoms with Crippen LogP contribution in [0.25, 0.3) is 5.69 Å².